The van der Waals surface area contributed by atoms with Crippen LogP contribution in [0.1, 0.15) is 12.5 Å². The Labute approximate surface area is 86.2 Å². The van der Waals surface area contributed by atoms with Gasteiger partial charge in [0.05, 0.1) is 0 Å². The lowest BCUT2D eigenvalue weighted by Crippen LogP contribution is -2.26. The van der Waals surface area contributed by atoms with Crippen molar-refractivity contribution in [2.75, 3.05) is 25.1 Å². The number of benzene rings is 1. The molecule has 0 fully saturated rings. The third-order valence-electron chi connectivity index (χ3n) is 2.42. The molecule has 2 nitrogen and oxygen atoms in total. The molecular formula is C12H19NO. The number of para-hydroxylation sites is 1. The van der Waals surface area contributed by atoms with Crippen LogP contribution in [0.25, 0.3) is 0 Å². The van der Waals surface area contributed by atoms with E-state index in [-0.39, 0.29) is 6.61 Å². The first-order chi connectivity index (χ1) is 6.65. The number of aliphatic hydroxyl groups excluding tert-OH is 1. The van der Waals surface area contributed by atoms with Crippen LogP contribution in [0, 0.1) is 12.8 Å². The van der Waals surface area contributed by atoms with E-state index in [1.165, 1.54) is 11.3 Å². The van der Waals surface area contributed by atoms with Crippen molar-refractivity contribution in [2.45, 2.75) is 13.8 Å². The van der Waals surface area contributed by atoms with Crippen molar-refractivity contribution < 1.29 is 5.11 Å². The molecule has 78 valence electrons. The summed E-state index contributed by atoms with van der Waals surface area (Å²) < 4.78 is 0. The van der Waals surface area contributed by atoms with Crippen LogP contribution in [0.3, 0.4) is 0 Å². The highest BCUT2D eigenvalue weighted by Gasteiger charge is 2.07. The molecule has 1 unspecified atom stereocenters. The van der Waals surface area contributed by atoms with Gasteiger partial charge in [-0.05, 0) is 24.5 Å². The molecule has 0 aromatic heterocycles. The van der Waals surface area contributed by atoms with E-state index in [0.717, 1.165) is 6.54 Å². The monoisotopic (exact) mass is 193 g/mol. The van der Waals surface area contributed by atoms with Crippen LogP contribution in [0.15, 0.2) is 24.3 Å². The van der Waals surface area contributed by atoms with Gasteiger partial charge >= 0.3 is 0 Å². The quantitative estimate of drug-likeness (QED) is 0.791. The molecule has 0 aliphatic carbocycles. The van der Waals surface area contributed by atoms with E-state index in [1.807, 2.05) is 12.1 Å². The normalized spacial score (nSPS) is 12.6. The summed E-state index contributed by atoms with van der Waals surface area (Å²) in [5.41, 5.74) is 2.52. The first kappa shape index (κ1) is 11.1. The number of nitrogens with zero attached hydrogens (tertiary/aromatic N) is 1. The van der Waals surface area contributed by atoms with Crippen LogP contribution < -0.4 is 4.90 Å². The lowest BCUT2D eigenvalue weighted by Gasteiger charge is -2.24. The van der Waals surface area contributed by atoms with E-state index in [1.54, 1.807) is 0 Å². The summed E-state index contributed by atoms with van der Waals surface area (Å²) in [6.45, 7) is 5.29. The highest BCUT2D eigenvalue weighted by Crippen LogP contribution is 2.18. The molecule has 1 aromatic rings. The number of anilines is 1. The van der Waals surface area contributed by atoms with E-state index in [4.69, 9.17) is 5.11 Å². The smallest absolute Gasteiger partial charge is 0.0473 e. The average molecular weight is 193 g/mol. The Balaban J connectivity index is 2.69. The van der Waals surface area contributed by atoms with Gasteiger partial charge in [-0.1, -0.05) is 25.1 Å². The minimum atomic E-state index is 0.246. The third-order valence-corrected chi connectivity index (χ3v) is 2.42. The Hall–Kier alpha value is -1.02. The number of aliphatic hydroxyl groups is 1. The maximum Gasteiger partial charge on any atom is 0.0473 e. The number of hydrogen-bond acceptors (Lipinski definition) is 2. The second kappa shape index (κ2) is 5.01. The van der Waals surface area contributed by atoms with Crippen LogP contribution in [0.4, 0.5) is 5.69 Å². The van der Waals surface area contributed by atoms with Gasteiger partial charge in [0.15, 0.2) is 0 Å². The molecule has 2 heteroatoms. The molecular weight excluding hydrogens is 174 g/mol. The van der Waals surface area contributed by atoms with E-state index in [9.17, 15) is 0 Å². The lowest BCUT2D eigenvalue weighted by atomic mass is 10.1. The Kier molecular flexibility index (Phi) is 3.96. The Morgan fingerprint density at radius 3 is 2.57 bits per heavy atom. The zero-order valence-corrected chi connectivity index (χ0v) is 9.20. The van der Waals surface area contributed by atoms with Gasteiger partial charge in [0.2, 0.25) is 0 Å². The van der Waals surface area contributed by atoms with Crippen molar-refractivity contribution in [3.63, 3.8) is 0 Å². The number of hydrogen-bond donors (Lipinski definition) is 1. The van der Waals surface area contributed by atoms with E-state index >= 15 is 0 Å². The SMILES string of the molecule is Cc1ccccc1N(C)CC(C)CO. The highest BCUT2D eigenvalue weighted by atomic mass is 16.3. The van der Waals surface area contributed by atoms with Gasteiger partial charge in [0.1, 0.15) is 0 Å². The fourth-order valence-corrected chi connectivity index (χ4v) is 1.62. The van der Waals surface area contributed by atoms with Crippen molar-refractivity contribution >= 4 is 5.69 Å². The highest BCUT2D eigenvalue weighted by molar-refractivity contribution is 5.52. The molecule has 0 bridgehead atoms. The maximum absolute atomic E-state index is 8.97. The van der Waals surface area contributed by atoms with Crippen LogP contribution in [-0.4, -0.2) is 25.3 Å². The summed E-state index contributed by atoms with van der Waals surface area (Å²) in [4.78, 5) is 2.19. The first-order valence-electron chi connectivity index (χ1n) is 5.02. The Morgan fingerprint density at radius 1 is 1.36 bits per heavy atom. The zero-order chi connectivity index (χ0) is 10.6. The van der Waals surface area contributed by atoms with Crippen LogP contribution >= 0.6 is 0 Å². The molecule has 1 N–H and O–H groups in total. The molecule has 1 rings (SSSR count). The molecule has 0 saturated carbocycles. The summed E-state index contributed by atoms with van der Waals surface area (Å²) in [5, 5.41) is 8.97. The summed E-state index contributed by atoms with van der Waals surface area (Å²) >= 11 is 0. The second-order valence-electron chi connectivity index (χ2n) is 3.95. The standard InChI is InChI=1S/C12H19NO/c1-10(9-14)8-13(3)12-7-5-4-6-11(12)2/h4-7,10,14H,8-9H2,1-3H3. The molecule has 0 aliphatic heterocycles. The van der Waals surface area contributed by atoms with Gasteiger partial charge in [0, 0.05) is 25.9 Å². The molecule has 0 amide bonds. The fourth-order valence-electron chi connectivity index (χ4n) is 1.62. The molecule has 0 spiro atoms. The molecule has 1 atom stereocenters. The van der Waals surface area contributed by atoms with Crippen LogP contribution in [0.5, 0.6) is 0 Å². The summed E-state index contributed by atoms with van der Waals surface area (Å²) in [6, 6.07) is 8.31. The van der Waals surface area contributed by atoms with Crippen molar-refractivity contribution in [1.29, 1.82) is 0 Å². The fraction of sp³-hybridized carbons (Fsp3) is 0.500. The van der Waals surface area contributed by atoms with Crippen molar-refractivity contribution in [3.05, 3.63) is 29.8 Å². The molecule has 14 heavy (non-hydrogen) atoms. The van der Waals surface area contributed by atoms with Crippen molar-refractivity contribution in [1.82, 2.24) is 0 Å². The minimum absolute atomic E-state index is 0.246. The largest absolute Gasteiger partial charge is 0.396 e. The molecule has 0 radical (unpaired) electrons. The Bertz CT molecular complexity index is 285. The van der Waals surface area contributed by atoms with Gasteiger partial charge in [0.25, 0.3) is 0 Å². The Morgan fingerprint density at radius 2 is 2.00 bits per heavy atom. The van der Waals surface area contributed by atoms with E-state index in [2.05, 4.69) is 37.9 Å². The summed E-state index contributed by atoms with van der Waals surface area (Å²) in [7, 11) is 2.06. The van der Waals surface area contributed by atoms with E-state index < -0.39 is 0 Å². The topological polar surface area (TPSA) is 23.5 Å². The van der Waals surface area contributed by atoms with E-state index in [0.29, 0.717) is 5.92 Å². The van der Waals surface area contributed by atoms with Crippen LogP contribution in [-0.2, 0) is 0 Å². The second-order valence-corrected chi connectivity index (χ2v) is 3.95. The first-order valence-corrected chi connectivity index (χ1v) is 5.02. The summed E-state index contributed by atoms with van der Waals surface area (Å²) in [6.07, 6.45) is 0. The predicted molar refractivity (Wildman–Crippen MR) is 60.7 cm³/mol. The lowest BCUT2D eigenvalue weighted by molar-refractivity contribution is 0.240. The average Bonchev–Trinajstić information content (AvgIpc) is 2.18. The van der Waals surface area contributed by atoms with Gasteiger partial charge in [-0.3, -0.25) is 0 Å². The third kappa shape index (κ3) is 2.74. The van der Waals surface area contributed by atoms with Crippen molar-refractivity contribution in [3.8, 4) is 0 Å². The van der Waals surface area contributed by atoms with Crippen molar-refractivity contribution in [2.24, 2.45) is 5.92 Å². The molecule has 0 aliphatic rings. The van der Waals surface area contributed by atoms with Gasteiger partial charge in [-0.15, -0.1) is 0 Å². The number of rotatable bonds is 4. The van der Waals surface area contributed by atoms with Gasteiger partial charge < -0.3 is 10.0 Å². The van der Waals surface area contributed by atoms with Crippen LogP contribution in [0.2, 0.25) is 0 Å². The van der Waals surface area contributed by atoms with Gasteiger partial charge in [-0.25, -0.2) is 0 Å². The molecule has 1 aromatic carbocycles. The maximum atomic E-state index is 8.97. The predicted octanol–water partition coefficient (Wildman–Crippen LogP) is 2.06. The summed E-state index contributed by atoms with van der Waals surface area (Å²) in [5.74, 6) is 0.319. The number of aryl methyl sites for hydroxylation is 1. The molecule has 0 saturated heterocycles. The van der Waals surface area contributed by atoms with Gasteiger partial charge in [-0.2, -0.15) is 0 Å². The molecule has 0 heterocycles. The minimum Gasteiger partial charge on any atom is -0.396 e. The zero-order valence-electron chi connectivity index (χ0n) is 9.20.